The van der Waals surface area contributed by atoms with Crippen molar-refractivity contribution in [3.05, 3.63) is 9.39 Å². The zero-order valence-electron chi connectivity index (χ0n) is 7.91. The van der Waals surface area contributed by atoms with Gasteiger partial charge in [-0.25, -0.2) is 4.68 Å². The third-order valence-electron chi connectivity index (χ3n) is 1.62. The summed E-state index contributed by atoms with van der Waals surface area (Å²) in [6.45, 7) is 4.03. The molecule has 0 aliphatic carbocycles. The summed E-state index contributed by atoms with van der Waals surface area (Å²) in [5.41, 5.74) is 0.497. The normalized spacial score (nSPS) is 10.8. The lowest BCUT2D eigenvalue weighted by Crippen LogP contribution is -2.06. The van der Waals surface area contributed by atoms with Crippen LogP contribution in [0.15, 0.2) is 0 Å². The first kappa shape index (κ1) is 10.6. The van der Waals surface area contributed by atoms with Crippen molar-refractivity contribution in [3.8, 4) is 0 Å². The van der Waals surface area contributed by atoms with Gasteiger partial charge in [-0.15, -0.1) is 5.10 Å². The minimum Gasteiger partial charge on any atom is -0.292 e. The number of aromatic nitrogens is 3. The second kappa shape index (κ2) is 4.17. The highest BCUT2D eigenvalue weighted by Crippen LogP contribution is 2.12. The number of carbonyl (C=O) groups excluding carboxylic acids is 1. The molecule has 0 saturated carbocycles. The van der Waals surface area contributed by atoms with Gasteiger partial charge in [-0.05, 0) is 28.5 Å². The number of nitrogens with zero attached hydrogens (tertiary/aromatic N) is 3. The van der Waals surface area contributed by atoms with Crippen molar-refractivity contribution < 1.29 is 4.79 Å². The van der Waals surface area contributed by atoms with E-state index < -0.39 is 0 Å². The van der Waals surface area contributed by atoms with Crippen LogP contribution in [0.2, 0.25) is 0 Å². The molecule has 0 N–H and O–H groups in total. The maximum atomic E-state index is 11.6. The van der Waals surface area contributed by atoms with Gasteiger partial charge in [0.2, 0.25) is 0 Å². The van der Waals surface area contributed by atoms with Crippen LogP contribution < -0.4 is 0 Å². The molecule has 5 heteroatoms. The summed E-state index contributed by atoms with van der Waals surface area (Å²) < 4.78 is 2.41. The Hall–Kier alpha value is -0.460. The first-order valence-electron chi connectivity index (χ1n) is 4.10. The third kappa shape index (κ3) is 2.49. The van der Waals surface area contributed by atoms with Gasteiger partial charge < -0.3 is 0 Å². The van der Waals surface area contributed by atoms with Gasteiger partial charge in [-0.3, -0.25) is 4.79 Å². The fourth-order valence-electron chi connectivity index (χ4n) is 0.984. The van der Waals surface area contributed by atoms with Crippen LogP contribution in [0.4, 0.5) is 0 Å². The Morgan fingerprint density at radius 3 is 2.62 bits per heavy atom. The van der Waals surface area contributed by atoms with Crippen LogP contribution in [0, 0.1) is 9.62 Å². The molecular weight excluding hydrogens is 281 g/mol. The Morgan fingerprint density at radius 1 is 1.62 bits per heavy atom. The van der Waals surface area contributed by atoms with Crippen molar-refractivity contribution >= 4 is 28.4 Å². The van der Waals surface area contributed by atoms with Gasteiger partial charge in [0.1, 0.15) is 3.70 Å². The highest BCUT2D eigenvalue weighted by Gasteiger charge is 2.16. The van der Waals surface area contributed by atoms with Crippen molar-refractivity contribution in [2.45, 2.75) is 20.3 Å². The Kier molecular flexibility index (Phi) is 3.40. The van der Waals surface area contributed by atoms with E-state index >= 15 is 0 Å². The number of halogens is 1. The molecule has 0 unspecified atom stereocenters. The molecule has 13 heavy (non-hydrogen) atoms. The van der Waals surface area contributed by atoms with Crippen molar-refractivity contribution in [2.75, 3.05) is 0 Å². The van der Waals surface area contributed by atoms with Gasteiger partial charge in [0, 0.05) is 13.5 Å². The molecule has 1 aromatic rings. The van der Waals surface area contributed by atoms with E-state index in [-0.39, 0.29) is 5.78 Å². The lowest BCUT2D eigenvalue weighted by atomic mass is 10.1. The van der Waals surface area contributed by atoms with Crippen molar-refractivity contribution in [1.82, 2.24) is 15.0 Å². The Bertz CT molecular complexity index is 319. The highest BCUT2D eigenvalue weighted by molar-refractivity contribution is 14.1. The Morgan fingerprint density at radius 2 is 2.23 bits per heavy atom. The predicted octanol–water partition coefficient (Wildman–Crippen LogP) is 1.65. The minimum atomic E-state index is 0.0764. The second-order valence-electron chi connectivity index (χ2n) is 3.37. The van der Waals surface area contributed by atoms with Crippen LogP contribution in [-0.4, -0.2) is 20.8 Å². The van der Waals surface area contributed by atoms with E-state index in [9.17, 15) is 4.79 Å². The molecule has 0 bridgehead atoms. The molecule has 0 aromatic carbocycles. The summed E-state index contributed by atoms with van der Waals surface area (Å²) in [5.74, 6) is 0.442. The van der Waals surface area contributed by atoms with E-state index in [1.807, 2.05) is 13.8 Å². The fraction of sp³-hybridized carbons (Fsp3) is 0.625. The minimum absolute atomic E-state index is 0.0764. The molecule has 72 valence electrons. The third-order valence-corrected chi connectivity index (χ3v) is 2.83. The molecule has 1 rings (SSSR count). The van der Waals surface area contributed by atoms with E-state index in [1.54, 1.807) is 11.7 Å². The molecule has 0 spiro atoms. The van der Waals surface area contributed by atoms with Gasteiger partial charge >= 0.3 is 0 Å². The van der Waals surface area contributed by atoms with Gasteiger partial charge in [-0.1, -0.05) is 19.1 Å². The van der Waals surface area contributed by atoms with Crippen molar-refractivity contribution in [3.63, 3.8) is 0 Å². The first-order valence-corrected chi connectivity index (χ1v) is 5.18. The van der Waals surface area contributed by atoms with E-state index in [0.717, 1.165) is 3.70 Å². The van der Waals surface area contributed by atoms with Crippen molar-refractivity contribution in [1.29, 1.82) is 0 Å². The van der Waals surface area contributed by atoms with Gasteiger partial charge in [0.25, 0.3) is 0 Å². The average molecular weight is 293 g/mol. The number of aryl methyl sites for hydroxylation is 1. The standard InChI is InChI=1S/C8H12IN3O/c1-5(2)4-6(13)7-8(9)12(3)11-10-7/h5H,4H2,1-3H3. The zero-order chi connectivity index (χ0) is 10.0. The fourth-order valence-corrected chi connectivity index (χ4v) is 1.49. The van der Waals surface area contributed by atoms with Crippen LogP contribution in [0.1, 0.15) is 30.8 Å². The lowest BCUT2D eigenvalue weighted by Gasteiger charge is -2.00. The summed E-state index contributed by atoms with van der Waals surface area (Å²) in [5, 5.41) is 7.61. The van der Waals surface area contributed by atoms with E-state index in [1.165, 1.54) is 0 Å². The SMILES string of the molecule is CC(C)CC(=O)c1nnn(C)c1I. The zero-order valence-corrected chi connectivity index (χ0v) is 10.1. The Labute approximate surface area is 90.8 Å². The maximum absolute atomic E-state index is 11.6. The second-order valence-corrected chi connectivity index (χ2v) is 4.40. The maximum Gasteiger partial charge on any atom is 0.186 e. The van der Waals surface area contributed by atoms with Gasteiger partial charge in [0.05, 0.1) is 0 Å². The summed E-state index contributed by atoms with van der Waals surface area (Å²) in [7, 11) is 1.78. The van der Waals surface area contributed by atoms with Gasteiger partial charge in [-0.2, -0.15) is 0 Å². The number of ketones is 1. The molecule has 0 aliphatic rings. The highest BCUT2D eigenvalue weighted by atomic mass is 127. The first-order chi connectivity index (χ1) is 6.02. The van der Waals surface area contributed by atoms with Crippen LogP contribution in [0.3, 0.4) is 0 Å². The number of hydrogen-bond acceptors (Lipinski definition) is 3. The quantitative estimate of drug-likeness (QED) is 0.629. The van der Waals surface area contributed by atoms with E-state index in [4.69, 9.17) is 0 Å². The Balaban J connectivity index is 2.83. The lowest BCUT2D eigenvalue weighted by molar-refractivity contribution is 0.0962. The van der Waals surface area contributed by atoms with Gasteiger partial charge in [0.15, 0.2) is 11.5 Å². The summed E-state index contributed by atoms with van der Waals surface area (Å²) >= 11 is 2.08. The van der Waals surface area contributed by atoms with Crippen LogP contribution in [0.5, 0.6) is 0 Å². The number of carbonyl (C=O) groups is 1. The van der Waals surface area contributed by atoms with Crippen LogP contribution in [0.25, 0.3) is 0 Å². The number of hydrogen-bond donors (Lipinski definition) is 0. The average Bonchev–Trinajstić information content (AvgIpc) is 2.31. The van der Waals surface area contributed by atoms with Crippen molar-refractivity contribution in [2.24, 2.45) is 13.0 Å². The molecule has 0 atom stereocenters. The smallest absolute Gasteiger partial charge is 0.186 e. The van der Waals surface area contributed by atoms with E-state index in [2.05, 4.69) is 32.9 Å². The molecule has 1 heterocycles. The topological polar surface area (TPSA) is 47.8 Å². The molecular formula is C8H12IN3O. The molecule has 4 nitrogen and oxygen atoms in total. The van der Waals surface area contributed by atoms with Crippen LogP contribution >= 0.6 is 22.6 Å². The summed E-state index contributed by atoms with van der Waals surface area (Å²) in [4.78, 5) is 11.6. The molecule has 0 amide bonds. The molecule has 0 saturated heterocycles. The summed E-state index contributed by atoms with van der Waals surface area (Å²) in [6.07, 6.45) is 0.536. The molecule has 0 radical (unpaired) electrons. The summed E-state index contributed by atoms with van der Waals surface area (Å²) in [6, 6.07) is 0. The molecule has 0 fully saturated rings. The largest absolute Gasteiger partial charge is 0.292 e. The molecule has 0 aliphatic heterocycles. The molecule has 1 aromatic heterocycles. The number of Topliss-reactive ketones (excluding diaryl/α,β-unsaturated/α-hetero) is 1. The monoisotopic (exact) mass is 293 g/mol. The predicted molar refractivity (Wildman–Crippen MR) is 57.5 cm³/mol. The number of rotatable bonds is 3. The van der Waals surface area contributed by atoms with Crippen LogP contribution in [-0.2, 0) is 7.05 Å². The van der Waals surface area contributed by atoms with E-state index in [0.29, 0.717) is 18.0 Å².